The average Bonchev–Trinajstić information content (AvgIpc) is 3.42. The van der Waals surface area contributed by atoms with Crippen LogP contribution in [0.15, 0.2) is 84.9 Å². The molecule has 4 aromatic rings. The summed E-state index contributed by atoms with van der Waals surface area (Å²) in [4.78, 5) is 22.1. The van der Waals surface area contributed by atoms with Gasteiger partial charge in [-0.25, -0.2) is 4.98 Å². The van der Waals surface area contributed by atoms with E-state index in [4.69, 9.17) is 10.7 Å². The van der Waals surface area contributed by atoms with Crippen LogP contribution in [-0.4, -0.2) is 55.8 Å². The zero-order chi connectivity index (χ0) is 25.7. The minimum absolute atomic E-state index is 0.0233. The summed E-state index contributed by atoms with van der Waals surface area (Å²) in [6.45, 7) is 8.30. The Bertz CT molecular complexity index is 1600. The Hall–Kier alpha value is -4.10. The quantitative estimate of drug-likeness (QED) is 0.447. The first-order valence-electron chi connectivity index (χ1n) is 12.8. The number of piperidine rings is 1. The van der Waals surface area contributed by atoms with Crippen molar-refractivity contribution in [1.82, 2.24) is 23.8 Å². The number of benzene rings is 1. The number of hydrogen-bond donors (Lipinski definition) is 1. The van der Waals surface area contributed by atoms with Gasteiger partial charge in [0.25, 0.3) is 5.91 Å². The van der Waals surface area contributed by atoms with Crippen molar-refractivity contribution in [3.8, 4) is 11.4 Å². The molecular weight excluding hydrogens is 460 g/mol. The summed E-state index contributed by atoms with van der Waals surface area (Å²) in [5, 5.41) is 1.17. The number of pyridine rings is 1. The van der Waals surface area contributed by atoms with Crippen LogP contribution in [0.5, 0.6) is 0 Å². The number of likely N-dealkylation sites (tertiary alicyclic amines) is 1. The second kappa shape index (κ2) is 9.09. The summed E-state index contributed by atoms with van der Waals surface area (Å²) in [7, 11) is 2.00. The van der Waals surface area contributed by atoms with Crippen molar-refractivity contribution in [2.75, 3.05) is 20.1 Å². The highest BCUT2D eigenvalue weighted by atomic mass is 16.2. The molecule has 1 aromatic carbocycles. The zero-order valence-electron chi connectivity index (χ0n) is 21.4. The molecule has 2 N–H and O–H groups in total. The van der Waals surface area contributed by atoms with Crippen molar-refractivity contribution in [1.29, 1.82) is 0 Å². The van der Waals surface area contributed by atoms with Crippen molar-refractivity contribution < 1.29 is 4.79 Å². The molecule has 7 nitrogen and oxygen atoms in total. The maximum absolute atomic E-state index is 13.2. The Kier molecular flexibility index (Phi) is 5.72. The van der Waals surface area contributed by atoms with Gasteiger partial charge in [-0.05, 0) is 61.8 Å². The first kappa shape index (κ1) is 23.3. The number of nitrogens with zero attached hydrogens (tertiary/aromatic N) is 5. The summed E-state index contributed by atoms with van der Waals surface area (Å²) < 4.78 is 4.38. The summed E-state index contributed by atoms with van der Waals surface area (Å²) in [5.41, 5.74) is 13.8. The van der Waals surface area contributed by atoms with Gasteiger partial charge in [-0.1, -0.05) is 24.8 Å². The van der Waals surface area contributed by atoms with Crippen LogP contribution in [0.25, 0.3) is 27.9 Å². The highest BCUT2D eigenvalue weighted by Crippen LogP contribution is 2.32. The van der Waals surface area contributed by atoms with E-state index in [1.54, 1.807) is 0 Å². The Morgan fingerprint density at radius 2 is 2.05 bits per heavy atom. The minimum atomic E-state index is 0.0233. The predicted octanol–water partition coefficient (Wildman–Crippen LogP) is 4.73. The molecular formula is C30H32N6O. The van der Waals surface area contributed by atoms with Gasteiger partial charge in [0.2, 0.25) is 0 Å². The van der Waals surface area contributed by atoms with Crippen molar-refractivity contribution in [3.63, 3.8) is 0 Å². The molecule has 0 bridgehead atoms. The molecule has 37 heavy (non-hydrogen) atoms. The maximum atomic E-state index is 13.2. The fraction of sp³-hybridized carbons (Fsp3) is 0.267. The standard InChI is InChI=1S/C30H32N6O/c1-20-15-22(10-13-33(20)3)18-36-26-9-5-4-7-23(26)16-27(36)29-21(2)35-14-11-24(17-28(35)32-29)30(37)34-12-6-8-25(31)19-34/h4-5,7,9-11,13-17,25H,1,6,8,12,18-19,31H2,2-3H3. The minimum Gasteiger partial charge on any atom is -0.352 e. The molecule has 1 unspecified atom stereocenters. The van der Waals surface area contributed by atoms with E-state index < -0.39 is 0 Å². The number of rotatable bonds is 4. The molecule has 7 heteroatoms. The van der Waals surface area contributed by atoms with Crippen molar-refractivity contribution in [2.24, 2.45) is 5.73 Å². The van der Waals surface area contributed by atoms with Crippen LogP contribution in [0.1, 0.15) is 28.9 Å². The number of aryl methyl sites for hydroxylation is 1. The molecule has 0 radical (unpaired) electrons. The molecule has 1 fully saturated rings. The van der Waals surface area contributed by atoms with Gasteiger partial charge in [-0.15, -0.1) is 0 Å². The second-order valence-electron chi connectivity index (χ2n) is 10.2. The van der Waals surface area contributed by atoms with E-state index in [-0.39, 0.29) is 11.9 Å². The number of hydrogen-bond acceptors (Lipinski definition) is 4. The van der Waals surface area contributed by atoms with Gasteiger partial charge in [-0.2, -0.15) is 0 Å². The van der Waals surface area contributed by atoms with Crippen LogP contribution in [0.3, 0.4) is 0 Å². The van der Waals surface area contributed by atoms with Crippen molar-refractivity contribution in [3.05, 3.63) is 96.1 Å². The number of aromatic nitrogens is 3. The number of amides is 1. The zero-order valence-corrected chi connectivity index (χ0v) is 21.4. The number of para-hydroxylation sites is 1. The number of carbonyl (C=O) groups excluding carboxylic acids is 1. The Balaban J connectivity index is 1.41. The molecule has 0 spiro atoms. The molecule has 1 atom stereocenters. The lowest BCUT2D eigenvalue weighted by molar-refractivity contribution is 0.0709. The lowest BCUT2D eigenvalue weighted by atomic mass is 10.1. The number of allylic oxidation sites excluding steroid dienone is 3. The number of fused-ring (bicyclic) bond motifs is 2. The monoisotopic (exact) mass is 492 g/mol. The fourth-order valence-electron chi connectivity index (χ4n) is 5.44. The van der Waals surface area contributed by atoms with Gasteiger partial charge in [-0.3, -0.25) is 4.79 Å². The van der Waals surface area contributed by atoms with Gasteiger partial charge >= 0.3 is 0 Å². The van der Waals surface area contributed by atoms with E-state index in [0.29, 0.717) is 18.7 Å². The van der Waals surface area contributed by atoms with Crippen LogP contribution in [-0.2, 0) is 6.54 Å². The molecule has 2 aliphatic heterocycles. The highest BCUT2D eigenvalue weighted by Gasteiger charge is 2.24. The number of imidazole rings is 1. The van der Waals surface area contributed by atoms with Crippen LogP contribution in [0.2, 0.25) is 0 Å². The van der Waals surface area contributed by atoms with E-state index in [1.807, 2.05) is 41.4 Å². The molecule has 6 rings (SSSR count). The first-order chi connectivity index (χ1) is 17.9. The van der Waals surface area contributed by atoms with Crippen LogP contribution in [0, 0.1) is 6.92 Å². The molecule has 1 amide bonds. The van der Waals surface area contributed by atoms with Crippen molar-refractivity contribution in [2.45, 2.75) is 32.4 Å². The van der Waals surface area contributed by atoms with Gasteiger partial charge in [0.05, 0.1) is 5.69 Å². The number of nitrogens with two attached hydrogens (primary N) is 1. The Labute approximate surface area is 216 Å². The van der Waals surface area contributed by atoms with E-state index in [2.05, 4.69) is 65.0 Å². The molecule has 2 aliphatic rings. The summed E-state index contributed by atoms with van der Waals surface area (Å²) >= 11 is 0. The third-order valence-electron chi connectivity index (χ3n) is 7.57. The smallest absolute Gasteiger partial charge is 0.254 e. The predicted molar refractivity (Wildman–Crippen MR) is 148 cm³/mol. The molecule has 188 valence electrons. The van der Waals surface area contributed by atoms with E-state index in [1.165, 1.54) is 11.0 Å². The first-order valence-corrected chi connectivity index (χ1v) is 12.8. The van der Waals surface area contributed by atoms with Gasteiger partial charge in [0, 0.05) is 73.0 Å². The third kappa shape index (κ3) is 4.15. The van der Waals surface area contributed by atoms with Gasteiger partial charge in [0.15, 0.2) is 0 Å². The van der Waals surface area contributed by atoms with Gasteiger partial charge < -0.3 is 24.5 Å². The highest BCUT2D eigenvalue weighted by molar-refractivity contribution is 5.95. The lowest BCUT2D eigenvalue weighted by Crippen LogP contribution is -2.45. The average molecular weight is 493 g/mol. The summed E-state index contributed by atoms with van der Waals surface area (Å²) in [6, 6.07) is 14.5. The van der Waals surface area contributed by atoms with E-state index in [9.17, 15) is 4.79 Å². The van der Waals surface area contributed by atoms with E-state index >= 15 is 0 Å². The molecule has 0 aliphatic carbocycles. The summed E-state index contributed by atoms with van der Waals surface area (Å²) in [6.07, 6.45) is 10.2. The fourth-order valence-corrected chi connectivity index (χ4v) is 5.44. The Morgan fingerprint density at radius 1 is 1.22 bits per heavy atom. The van der Waals surface area contributed by atoms with Crippen LogP contribution >= 0.6 is 0 Å². The topological polar surface area (TPSA) is 71.8 Å². The number of carbonyl (C=O) groups is 1. The Morgan fingerprint density at radius 3 is 2.86 bits per heavy atom. The normalized spacial score (nSPS) is 18.2. The summed E-state index contributed by atoms with van der Waals surface area (Å²) in [5.74, 6) is 0.0233. The second-order valence-corrected chi connectivity index (χ2v) is 10.2. The molecule has 3 aromatic heterocycles. The lowest BCUT2D eigenvalue weighted by Gasteiger charge is -2.30. The largest absolute Gasteiger partial charge is 0.352 e. The third-order valence-corrected chi connectivity index (χ3v) is 7.57. The number of likely N-dealkylation sites (N-methyl/N-ethyl adjacent to an activating group) is 1. The molecule has 0 saturated carbocycles. The molecule has 1 saturated heterocycles. The molecule has 5 heterocycles. The van der Waals surface area contributed by atoms with Gasteiger partial charge in [0.1, 0.15) is 11.3 Å². The maximum Gasteiger partial charge on any atom is 0.254 e. The SMILES string of the molecule is C=C1C=C(Cn2c(-c3nc4cc(C(=O)N5CCCC(N)C5)ccn4c3C)cc3ccccc32)C=CN1C. The van der Waals surface area contributed by atoms with E-state index in [0.717, 1.165) is 53.3 Å². The van der Waals surface area contributed by atoms with Crippen LogP contribution in [0.4, 0.5) is 0 Å². The van der Waals surface area contributed by atoms with Crippen molar-refractivity contribution >= 4 is 22.5 Å². The van der Waals surface area contributed by atoms with Crippen LogP contribution < -0.4 is 5.73 Å².